The summed E-state index contributed by atoms with van der Waals surface area (Å²) in [4.78, 5) is 2.59. The zero-order valence-electron chi connectivity index (χ0n) is 8.42. The van der Waals surface area contributed by atoms with Gasteiger partial charge in [0.1, 0.15) is 0 Å². The number of likely N-dealkylation sites (tertiary alicyclic amines) is 1. The van der Waals surface area contributed by atoms with E-state index in [4.69, 9.17) is 0 Å². The molecule has 0 aromatic rings. The third-order valence-electron chi connectivity index (χ3n) is 4.00. The molecule has 1 nitrogen and oxygen atoms in total. The van der Waals surface area contributed by atoms with Crippen molar-refractivity contribution < 1.29 is 0 Å². The van der Waals surface area contributed by atoms with Crippen LogP contribution in [0, 0.1) is 11.8 Å². The molecule has 1 saturated carbocycles. The molecular formula is C11H21N. The van der Waals surface area contributed by atoms with Gasteiger partial charge >= 0.3 is 0 Å². The van der Waals surface area contributed by atoms with E-state index in [1.54, 1.807) is 0 Å². The average Bonchev–Trinajstić information content (AvgIpc) is 2.59. The molecule has 1 heteroatoms. The van der Waals surface area contributed by atoms with E-state index in [1.807, 2.05) is 0 Å². The van der Waals surface area contributed by atoms with Gasteiger partial charge in [0.2, 0.25) is 0 Å². The summed E-state index contributed by atoms with van der Waals surface area (Å²) in [6, 6.07) is 0.933. The van der Waals surface area contributed by atoms with Crippen molar-refractivity contribution >= 4 is 0 Å². The predicted octanol–water partition coefficient (Wildman–Crippen LogP) is 2.52. The molecule has 2 aliphatic rings. The summed E-state index contributed by atoms with van der Waals surface area (Å²) >= 11 is 0. The van der Waals surface area contributed by atoms with Gasteiger partial charge in [-0.15, -0.1) is 0 Å². The minimum atomic E-state index is 0.933. The second-order valence-corrected chi connectivity index (χ2v) is 4.76. The first-order valence-electron chi connectivity index (χ1n) is 5.49. The van der Waals surface area contributed by atoms with Gasteiger partial charge in [0.15, 0.2) is 0 Å². The Kier molecular flexibility index (Phi) is 2.40. The standard InChI is InChI=1S/C11H21N/c1-9-5-3-6-10(9)11-7-4-8-12(11)2/h9-11H,3-8H2,1-2H3. The van der Waals surface area contributed by atoms with E-state index in [0.717, 1.165) is 17.9 Å². The van der Waals surface area contributed by atoms with Gasteiger partial charge in [0, 0.05) is 6.04 Å². The van der Waals surface area contributed by atoms with Gasteiger partial charge < -0.3 is 4.90 Å². The minimum Gasteiger partial charge on any atom is -0.303 e. The molecule has 0 N–H and O–H groups in total. The van der Waals surface area contributed by atoms with Gasteiger partial charge in [-0.05, 0) is 44.7 Å². The van der Waals surface area contributed by atoms with Crippen molar-refractivity contribution in [2.75, 3.05) is 13.6 Å². The van der Waals surface area contributed by atoms with E-state index in [9.17, 15) is 0 Å². The van der Waals surface area contributed by atoms with Crippen LogP contribution in [0.4, 0.5) is 0 Å². The molecule has 1 aliphatic carbocycles. The van der Waals surface area contributed by atoms with Crippen LogP contribution in [-0.2, 0) is 0 Å². The molecule has 1 saturated heterocycles. The van der Waals surface area contributed by atoms with Crippen molar-refractivity contribution in [2.24, 2.45) is 11.8 Å². The topological polar surface area (TPSA) is 3.24 Å². The van der Waals surface area contributed by atoms with Gasteiger partial charge in [0.05, 0.1) is 0 Å². The fraction of sp³-hybridized carbons (Fsp3) is 1.00. The molecule has 1 heterocycles. The highest BCUT2D eigenvalue weighted by molar-refractivity contribution is 4.88. The first-order valence-corrected chi connectivity index (χ1v) is 5.49. The van der Waals surface area contributed by atoms with Crippen LogP contribution in [0.25, 0.3) is 0 Å². The van der Waals surface area contributed by atoms with Crippen LogP contribution in [0.5, 0.6) is 0 Å². The Labute approximate surface area is 76.1 Å². The van der Waals surface area contributed by atoms with E-state index < -0.39 is 0 Å². The number of rotatable bonds is 1. The largest absolute Gasteiger partial charge is 0.303 e. The minimum absolute atomic E-state index is 0.933. The van der Waals surface area contributed by atoms with Gasteiger partial charge in [-0.2, -0.15) is 0 Å². The van der Waals surface area contributed by atoms with Crippen LogP contribution in [0.15, 0.2) is 0 Å². The van der Waals surface area contributed by atoms with E-state index in [1.165, 1.54) is 38.6 Å². The van der Waals surface area contributed by atoms with Gasteiger partial charge in [-0.3, -0.25) is 0 Å². The predicted molar refractivity (Wildman–Crippen MR) is 52.2 cm³/mol. The highest BCUT2D eigenvalue weighted by Gasteiger charge is 2.35. The summed E-state index contributed by atoms with van der Waals surface area (Å²) in [5.41, 5.74) is 0. The lowest BCUT2D eigenvalue weighted by molar-refractivity contribution is 0.197. The lowest BCUT2D eigenvalue weighted by atomic mass is 9.89. The molecule has 0 spiro atoms. The van der Waals surface area contributed by atoms with Crippen LogP contribution in [0.1, 0.15) is 39.0 Å². The molecule has 3 unspecified atom stereocenters. The summed E-state index contributed by atoms with van der Waals surface area (Å²) in [6.07, 6.45) is 7.36. The van der Waals surface area contributed by atoms with Gasteiger partial charge in [-0.25, -0.2) is 0 Å². The van der Waals surface area contributed by atoms with Crippen LogP contribution in [0.3, 0.4) is 0 Å². The van der Waals surface area contributed by atoms with Gasteiger partial charge in [0.25, 0.3) is 0 Å². The van der Waals surface area contributed by atoms with Crippen molar-refractivity contribution in [3.05, 3.63) is 0 Å². The SMILES string of the molecule is CC1CCCC1C1CCCN1C. The smallest absolute Gasteiger partial charge is 0.0123 e. The van der Waals surface area contributed by atoms with Crippen LogP contribution < -0.4 is 0 Å². The Hall–Kier alpha value is -0.0400. The molecule has 2 rings (SSSR count). The molecule has 3 atom stereocenters. The Balaban J connectivity index is 1.98. The molecular weight excluding hydrogens is 146 g/mol. The summed E-state index contributed by atoms with van der Waals surface area (Å²) in [6.45, 7) is 3.79. The van der Waals surface area contributed by atoms with Crippen molar-refractivity contribution in [1.29, 1.82) is 0 Å². The number of hydrogen-bond donors (Lipinski definition) is 0. The summed E-state index contributed by atoms with van der Waals surface area (Å²) in [7, 11) is 2.31. The molecule has 12 heavy (non-hydrogen) atoms. The van der Waals surface area contributed by atoms with Crippen LogP contribution >= 0.6 is 0 Å². The van der Waals surface area contributed by atoms with Crippen molar-refractivity contribution in [1.82, 2.24) is 4.90 Å². The third kappa shape index (κ3) is 1.39. The van der Waals surface area contributed by atoms with E-state index >= 15 is 0 Å². The highest BCUT2D eigenvalue weighted by atomic mass is 15.1. The molecule has 2 fully saturated rings. The Morgan fingerprint density at radius 1 is 1.08 bits per heavy atom. The zero-order valence-corrected chi connectivity index (χ0v) is 8.42. The second-order valence-electron chi connectivity index (χ2n) is 4.76. The molecule has 0 aromatic carbocycles. The Bertz CT molecular complexity index is 137. The monoisotopic (exact) mass is 167 g/mol. The van der Waals surface area contributed by atoms with E-state index in [0.29, 0.717) is 0 Å². The fourth-order valence-corrected chi connectivity index (χ4v) is 3.22. The molecule has 0 amide bonds. The second kappa shape index (κ2) is 3.37. The Morgan fingerprint density at radius 2 is 1.92 bits per heavy atom. The highest BCUT2D eigenvalue weighted by Crippen LogP contribution is 2.38. The Morgan fingerprint density at radius 3 is 2.42 bits per heavy atom. The lowest BCUT2D eigenvalue weighted by Gasteiger charge is -2.28. The lowest BCUT2D eigenvalue weighted by Crippen LogP contribution is -2.33. The zero-order chi connectivity index (χ0) is 8.55. The maximum Gasteiger partial charge on any atom is 0.0123 e. The van der Waals surface area contributed by atoms with Crippen LogP contribution in [-0.4, -0.2) is 24.5 Å². The van der Waals surface area contributed by atoms with Crippen LogP contribution in [0.2, 0.25) is 0 Å². The fourth-order valence-electron chi connectivity index (χ4n) is 3.22. The molecule has 1 aliphatic heterocycles. The van der Waals surface area contributed by atoms with E-state index in [-0.39, 0.29) is 0 Å². The first-order chi connectivity index (χ1) is 5.79. The van der Waals surface area contributed by atoms with Gasteiger partial charge in [-0.1, -0.05) is 19.8 Å². The first kappa shape index (κ1) is 8.55. The molecule has 0 radical (unpaired) electrons. The van der Waals surface area contributed by atoms with Crippen molar-refractivity contribution in [2.45, 2.75) is 45.1 Å². The maximum absolute atomic E-state index is 2.59. The quantitative estimate of drug-likeness (QED) is 0.580. The normalized spacial score (nSPS) is 44.0. The van der Waals surface area contributed by atoms with Crippen molar-refractivity contribution in [3.63, 3.8) is 0 Å². The molecule has 70 valence electrons. The summed E-state index contributed by atoms with van der Waals surface area (Å²) in [5.74, 6) is 2.02. The average molecular weight is 167 g/mol. The van der Waals surface area contributed by atoms with Crippen molar-refractivity contribution in [3.8, 4) is 0 Å². The van der Waals surface area contributed by atoms with E-state index in [2.05, 4.69) is 18.9 Å². The maximum atomic E-state index is 2.59. The molecule has 0 aromatic heterocycles. The number of nitrogens with zero attached hydrogens (tertiary/aromatic N) is 1. The number of hydrogen-bond acceptors (Lipinski definition) is 1. The summed E-state index contributed by atoms with van der Waals surface area (Å²) in [5, 5.41) is 0. The summed E-state index contributed by atoms with van der Waals surface area (Å²) < 4.78 is 0. The molecule has 0 bridgehead atoms. The third-order valence-corrected chi connectivity index (χ3v) is 4.00.